The maximum Gasteiger partial charge on any atom is 0.260 e. The molecule has 0 aliphatic rings. The molecule has 1 amide bonds. The lowest BCUT2D eigenvalue weighted by Crippen LogP contribution is -2.30. The maximum absolute atomic E-state index is 13.5. The number of thiazole rings is 1. The fourth-order valence-electron chi connectivity index (χ4n) is 3.48. The van der Waals surface area contributed by atoms with Crippen LogP contribution in [0.25, 0.3) is 10.2 Å². The molecule has 1 aromatic heterocycles. The lowest BCUT2D eigenvalue weighted by molar-refractivity contribution is 0.0985. The minimum atomic E-state index is -0.0738. The zero-order valence-electron chi connectivity index (χ0n) is 17.4. The Kier molecular flexibility index (Phi) is 5.81. The number of rotatable bonds is 6. The normalized spacial score (nSPS) is 10.9. The summed E-state index contributed by atoms with van der Waals surface area (Å²) in [6, 6.07) is 21.6. The fraction of sp³-hybridized carbons (Fsp3) is 0.200. The van der Waals surface area contributed by atoms with Crippen LogP contribution in [0.1, 0.15) is 34.0 Å². The third-order valence-electron chi connectivity index (χ3n) is 4.89. The number of anilines is 1. The van der Waals surface area contributed by atoms with E-state index in [0.29, 0.717) is 23.8 Å². The quantitative estimate of drug-likeness (QED) is 0.378. The van der Waals surface area contributed by atoms with Crippen molar-refractivity contribution in [2.75, 3.05) is 11.5 Å². The van der Waals surface area contributed by atoms with Gasteiger partial charge in [-0.05, 0) is 67.8 Å². The van der Waals surface area contributed by atoms with Crippen molar-refractivity contribution in [2.24, 2.45) is 0 Å². The van der Waals surface area contributed by atoms with Crippen LogP contribution < -0.4 is 9.64 Å². The Bertz CT molecular complexity index is 1170. The predicted octanol–water partition coefficient (Wildman–Crippen LogP) is 6.16. The molecule has 0 atom stereocenters. The maximum atomic E-state index is 13.5. The highest BCUT2D eigenvalue weighted by molar-refractivity contribution is 7.22. The van der Waals surface area contributed by atoms with Gasteiger partial charge in [0.15, 0.2) is 5.13 Å². The number of carbonyl (C=O) groups excluding carboxylic acids is 1. The molecule has 0 saturated heterocycles. The van der Waals surface area contributed by atoms with Crippen molar-refractivity contribution >= 4 is 32.6 Å². The highest BCUT2D eigenvalue weighted by atomic mass is 32.1. The minimum absolute atomic E-state index is 0.0738. The zero-order chi connectivity index (χ0) is 21.1. The molecule has 3 aromatic carbocycles. The van der Waals surface area contributed by atoms with Crippen molar-refractivity contribution in [3.8, 4) is 5.75 Å². The van der Waals surface area contributed by atoms with Crippen LogP contribution in [0.2, 0.25) is 0 Å². The summed E-state index contributed by atoms with van der Waals surface area (Å²) in [7, 11) is 0. The summed E-state index contributed by atoms with van der Waals surface area (Å²) in [5.41, 5.74) is 4.95. The molecule has 0 saturated carbocycles. The first kappa shape index (κ1) is 20.1. The van der Waals surface area contributed by atoms with E-state index in [4.69, 9.17) is 9.72 Å². The molecular weight excluding hydrogens is 392 g/mol. The van der Waals surface area contributed by atoms with Gasteiger partial charge in [-0.3, -0.25) is 9.69 Å². The molecule has 1 heterocycles. The van der Waals surface area contributed by atoms with Gasteiger partial charge in [0.25, 0.3) is 5.91 Å². The van der Waals surface area contributed by atoms with E-state index in [1.807, 2.05) is 61.5 Å². The van der Waals surface area contributed by atoms with E-state index >= 15 is 0 Å². The van der Waals surface area contributed by atoms with Gasteiger partial charge in [0.2, 0.25) is 0 Å². The number of hydrogen-bond acceptors (Lipinski definition) is 4. The van der Waals surface area contributed by atoms with Crippen LogP contribution in [-0.2, 0) is 6.54 Å². The van der Waals surface area contributed by atoms with E-state index < -0.39 is 0 Å². The van der Waals surface area contributed by atoms with Crippen molar-refractivity contribution in [3.05, 3.63) is 89.0 Å². The summed E-state index contributed by atoms with van der Waals surface area (Å²) in [6.45, 7) is 7.15. The number of ether oxygens (including phenoxy) is 1. The van der Waals surface area contributed by atoms with E-state index in [1.165, 1.54) is 5.56 Å². The Balaban J connectivity index is 1.74. The van der Waals surface area contributed by atoms with Crippen molar-refractivity contribution in [2.45, 2.75) is 27.3 Å². The molecular formula is C25H24N2O2S. The monoisotopic (exact) mass is 416 g/mol. The lowest BCUT2D eigenvalue weighted by atomic mass is 10.1. The lowest BCUT2D eigenvalue weighted by Gasteiger charge is -2.20. The number of aromatic nitrogens is 1. The first-order chi connectivity index (χ1) is 14.5. The average molecular weight is 417 g/mol. The molecule has 4 rings (SSSR count). The molecule has 0 N–H and O–H groups in total. The molecule has 0 aliphatic carbocycles. The molecule has 30 heavy (non-hydrogen) atoms. The van der Waals surface area contributed by atoms with Crippen LogP contribution in [0.4, 0.5) is 5.13 Å². The summed E-state index contributed by atoms with van der Waals surface area (Å²) < 4.78 is 6.61. The second-order valence-corrected chi connectivity index (χ2v) is 8.27. The van der Waals surface area contributed by atoms with Gasteiger partial charge < -0.3 is 4.74 Å². The second kappa shape index (κ2) is 8.67. The highest BCUT2D eigenvalue weighted by Crippen LogP contribution is 2.33. The Morgan fingerprint density at radius 2 is 1.77 bits per heavy atom. The van der Waals surface area contributed by atoms with Crippen molar-refractivity contribution in [1.29, 1.82) is 0 Å². The van der Waals surface area contributed by atoms with Gasteiger partial charge in [0.05, 0.1) is 23.4 Å². The number of hydrogen-bond donors (Lipinski definition) is 0. The van der Waals surface area contributed by atoms with Crippen LogP contribution >= 0.6 is 11.3 Å². The van der Waals surface area contributed by atoms with Crippen molar-refractivity contribution in [1.82, 2.24) is 4.98 Å². The van der Waals surface area contributed by atoms with Crippen LogP contribution in [0.3, 0.4) is 0 Å². The Hall–Kier alpha value is -3.18. The highest BCUT2D eigenvalue weighted by Gasteiger charge is 2.22. The topological polar surface area (TPSA) is 42.4 Å². The van der Waals surface area contributed by atoms with Crippen LogP contribution in [0.15, 0.2) is 66.7 Å². The van der Waals surface area contributed by atoms with E-state index in [0.717, 1.165) is 27.1 Å². The second-order valence-electron chi connectivity index (χ2n) is 7.26. The number of aryl methyl sites for hydroxylation is 2. The average Bonchev–Trinajstić information content (AvgIpc) is 3.17. The number of carbonyl (C=O) groups is 1. The first-order valence-electron chi connectivity index (χ1n) is 10.0. The molecule has 0 fully saturated rings. The van der Waals surface area contributed by atoms with E-state index in [1.54, 1.807) is 16.2 Å². The molecule has 0 aliphatic heterocycles. The third kappa shape index (κ3) is 4.21. The molecule has 5 heteroatoms. The van der Waals surface area contributed by atoms with Crippen LogP contribution in [0.5, 0.6) is 5.75 Å². The third-order valence-corrected chi connectivity index (χ3v) is 5.92. The number of amides is 1. The van der Waals surface area contributed by atoms with Gasteiger partial charge >= 0.3 is 0 Å². The molecule has 4 nitrogen and oxygen atoms in total. The number of nitrogens with zero attached hydrogens (tertiary/aromatic N) is 2. The van der Waals surface area contributed by atoms with E-state index in [2.05, 4.69) is 26.0 Å². The summed E-state index contributed by atoms with van der Waals surface area (Å²) >= 11 is 1.56. The molecule has 0 bridgehead atoms. The smallest absolute Gasteiger partial charge is 0.260 e. The number of fused-ring (bicyclic) bond motifs is 1. The van der Waals surface area contributed by atoms with Gasteiger partial charge in [-0.15, -0.1) is 0 Å². The fourth-order valence-corrected chi connectivity index (χ4v) is 4.62. The molecule has 0 radical (unpaired) electrons. The molecule has 4 aromatic rings. The minimum Gasteiger partial charge on any atom is -0.494 e. The summed E-state index contributed by atoms with van der Waals surface area (Å²) in [5, 5.41) is 0.710. The molecule has 152 valence electrons. The predicted molar refractivity (Wildman–Crippen MR) is 124 cm³/mol. The molecule has 0 spiro atoms. The van der Waals surface area contributed by atoms with E-state index in [-0.39, 0.29) is 5.91 Å². The first-order valence-corrected chi connectivity index (χ1v) is 10.8. The van der Waals surface area contributed by atoms with Gasteiger partial charge in [-0.2, -0.15) is 0 Å². The Labute approximate surface area is 180 Å². The zero-order valence-corrected chi connectivity index (χ0v) is 18.2. The van der Waals surface area contributed by atoms with Gasteiger partial charge in [-0.1, -0.05) is 47.7 Å². The summed E-state index contributed by atoms with van der Waals surface area (Å²) in [4.78, 5) is 20.1. The van der Waals surface area contributed by atoms with Gasteiger partial charge in [0.1, 0.15) is 5.75 Å². The summed E-state index contributed by atoms with van der Waals surface area (Å²) in [6.07, 6.45) is 0. The van der Waals surface area contributed by atoms with Crippen LogP contribution in [-0.4, -0.2) is 17.5 Å². The van der Waals surface area contributed by atoms with Crippen molar-refractivity contribution < 1.29 is 9.53 Å². The van der Waals surface area contributed by atoms with Gasteiger partial charge in [-0.25, -0.2) is 4.98 Å². The SMILES string of the molecule is CCOc1ccc(C(=O)N(Cc2ccccc2)c2nc3c(C)cc(C)cc3s2)cc1. The number of benzene rings is 3. The van der Waals surface area contributed by atoms with Crippen molar-refractivity contribution in [3.63, 3.8) is 0 Å². The van der Waals surface area contributed by atoms with Gasteiger partial charge in [0, 0.05) is 5.56 Å². The van der Waals surface area contributed by atoms with E-state index in [9.17, 15) is 4.79 Å². The van der Waals surface area contributed by atoms with Crippen LogP contribution in [0, 0.1) is 13.8 Å². The Morgan fingerprint density at radius 1 is 1.03 bits per heavy atom. The summed E-state index contributed by atoms with van der Waals surface area (Å²) in [5.74, 6) is 0.685. The Morgan fingerprint density at radius 3 is 2.47 bits per heavy atom. The largest absolute Gasteiger partial charge is 0.494 e. The molecule has 0 unspecified atom stereocenters. The standard InChI is InChI=1S/C25H24N2O2S/c1-4-29-21-12-10-20(11-13-21)24(28)27(16-19-8-6-5-7-9-19)25-26-23-18(3)14-17(2)15-22(23)30-25/h5-15H,4,16H2,1-3H3.